The second-order valence-electron chi connectivity index (χ2n) is 2.01. The van der Waals surface area contributed by atoms with E-state index >= 15 is 0 Å². The van der Waals surface area contributed by atoms with Crippen molar-refractivity contribution in [2.24, 2.45) is 0 Å². The summed E-state index contributed by atoms with van der Waals surface area (Å²) in [6, 6.07) is 6.61. The zero-order chi connectivity index (χ0) is 8.27. The SMILES string of the molecule is O=[P](c1ccccc1)C(O)O. The highest BCUT2D eigenvalue weighted by Gasteiger charge is 2.10. The summed E-state index contributed by atoms with van der Waals surface area (Å²) in [4.78, 5) is 0. The molecule has 0 saturated carbocycles. The van der Waals surface area contributed by atoms with Crippen LogP contribution in [0.15, 0.2) is 30.3 Å². The highest BCUT2D eigenvalue weighted by molar-refractivity contribution is 7.53. The van der Waals surface area contributed by atoms with Gasteiger partial charge < -0.3 is 10.2 Å². The third kappa shape index (κ3) is 2.09. The number of aliphatic hydroxyl groups is 2. The van der Waals surface area contributed by atoms with E-state index in [0.717, 1.165) is 0 Å². The molecule has 1 rings (SSSR count). The molecule has 1 aromatic rings. The van der Waals surface area contributed by atoms with Gasteiger partial charge in [0.05, 0.1) is 0 Å². The molecule has 0 aliphatic rings. The first-order chi connectivity index (χ1) is 5.22. The van der Waals surface area contributed by atoms with E-state index < -0.39 is 13.8 Å². The molecule has 0 spiro atoms. The van der Waals surface area contributed by atoms with Crippen molar-refractivity contribution in [2.45, 2.75) is 6.03 Å². The lowest BCUT2D eigenvalue weighted by Crippen LogP contribution is -2.06. The van der Waals surface area contributed by atoms with Gasteiger partial charge in [0.15, 0.2) is 7.80 Å². The number of aliphatic hydroxyl groups excluding tert-OH is 1. The van der Waals surface area contributed by atoms with Crippen LogP contribution in [0.3, 0.4) is 0 Å². The molecule has 0 amide bonds. The molecule has 0 aliphatic carbocycles. The Bertz CT molecular complexity index is 245. The average molecular weight is 171 g/mol. The molecule has 11 heavy (non-hydrogen) atoms. The van der Waals surface area contributed by atoms with Crippen molar-refractivity contribution in [3.05, 3.63) is 30.3 Å². The minimum absolute atomic E-state index is 0.456. The van der Waals surface area contributed by atoms with Gasteiger partial charge in [-0.05, 0) is 12.1 Å². The normalized spacial score (nSPS) is 11.7. The third-order valence-electron chi connectivity index (χ3n) is 1.22. The molecule has 0 heterocycles. The maximum Gasteiger partial charge on any atom is 0.229 e. The Morgan fingerprint density at radius 1 is 1.18 bits per heavy atom. The lowest BCUT2D eigenvalue weighted by atomic mass is 10.4. The van der Waals surface area contributed by atoms with E-state index in [9.17, 15) is 4.57 Å². The first kappa shape index (κ1) is 8.34. The Morgan fingerprint density at radius 2 is 1.73 bits per heavy atom. The summed E-state index contributed by atoms with van der Waals surface area (Å²) in [6.45, 7) is 0. The lowest BCUT2D eigenvalue weighted by molar-refractivity contribution is 0.0333. The van der Waals surface area contributed by atoms with Gasteiger partial charge in [-0.3, -0.25) is 4.57 Å². The van der Waals surface area contributed by atoms with E-state index in [0.29, 0.717) is 5.30 Å². The quantitative estimate of drug-likeness (QED) is 0.500. The molecule has 4 heteroatoms. The molecule has 1 radical (unpaired) electrons. The van der Waals surface area contributed by atoms with Crippen molar-refractivity contribution in [3.8, 4) is 0 Å². The summed E-state index contributed by atoms with van der Waals surface area (Å²) in [6.07, 6.45) is 0. The summed E-state index contributed by atoms with van der Waals surface area (Å²) in [5.41, 5.74) is 0. The summed E-state index contributed by atoms with van der Waals surface area (Å²) in [5, 5.41) is 17.5. The van der Waals surface area contributed by atoms with Crippen molar-refractivity contribution in [2.75, 3.05) is 0 Å². The fourth-order valence-corrected chi connectivity index (χ4v) is 1.44. The van der Waals surface area contributed by atoms with Gasteiger partial charge in [0, 0.05) is 5.30 Å². The Hall–Kier alpha value is -0.760. The predicted molar refractivity (Wildman–Crippen MR) is 41.9 cm³/mol. The van der Waals surface area contributed by atoms with Crippen molar-refractivity contribution in [1.29, 1.82) is 0 Å². The molecular weight excluding hydrogens is 163 g/mol. The maximum absolute atomic E-state index is 11.0. The molecule has 1 atom stereocenters. The zero-order valence-electron chi connectivity index (χ0n) is 5.71. The van der Waals surface area contributed by atoms with Gasteiger partial charge >= 0.3 is 0 Å². The Kier molecular flexibility index (Phi) is 2.71. The largest absolute Gasteiger partial charge is 0.359 e. The number of benzene rings is 1. The molecule has 0 aromatic heterocycles. The van der Waals surface area contributed by atoms with Crippen LogP contribution < -0.4 is 5.30 Å². The van der Waals surface area contributed by atoms with Gasteiger partial charge in [0.2, 0.25) is 6.03 Å². The van der Waals surface area contributed by atoms with Crippen molar-refractivity contribution in [1.82, 2.24) is 0 Å². The van der Waals surface area contributed by atoms with Gasteiger partial charge in [-0.25, -0.2) is 0 Å². The van der Waals surface area contributed by atoms with Gasteiger partial charge in [0.25, 0.3) is 0 Å². The molecule has 0 saturated heterocycles. The van der Waals surface area contributed by atoms with Crippen molar-refractivity contribution in [3.63, 3.8) is 0 Å². The lowest BCUT2D eigenvalue weighted by Gasteiger charge is -2.01. The molecule has 59 valence electrons. The van der Waals surface area contributed by atoms with E-state index in [1.165, 1.54) is 0 Å². The molecule has 1 unspecified atom stereocenters. The Labute approximate surface area is 65.1 Å². The fourth-order valence-electron chi connectivity index (χ4n) is 0.708. The van der Waals surface area contributed by atoms with Crippen LogP contribution in [0, 0.1) is 0 Å². The first-order valence-electron chi connectivity index (χ1n) is 3.09. The Balaban J connectivity index is 2.86. The highest BCUT2D eigenvalue weighted by Crippen LogP contribution is 2.22. The molecule has 2 N–H and O–H groups in total. The summed E-state index contributed by atoms with van der Waals surface area (Å²) >= 11 is 0. The van der Waals surface area contributed by atoms with Crippen molar-refractivity contribution < 1.29 is 14.8 Å². The zero-order valence-corrected chi connectivity index (χ0v) is 6.61. The minimum Gasteiger partial charge on any atom is -0.359 e. The molecule has 0 fully saturated rings. The van der Waals surface area contributed by atoms with Crippen LogP contribution in [0.5, 0.6) is 0 Å². The third-order valence-corrected chi connectivity index (χ3v) is 2.45. The molecular formula is C7H8O3P. The van der Waals surface area contributed by atoms with Gasteiger partial charge in [-0.1, -0.05) is 18.2 Å². The first-order valence-corrected chi connectivity index (χ1v) is 4.42. The summed E-state index contributed by atoms with van der Waals surface area (Å²) in [7, 11) is -2.07. The second kappa shape index (κ2) is 3.58. The van der Waals surface area contributed by atoms with Crippen molar-refractivity contribution >= 4 is 13.1 Å². The number of hydrogen-bond acceptors (Lipinski definition) is 3. The Morgan fingerprint density at radius 3 is 2.18 bits per heavy atom. The predicted octanol–water partition coefficient (Wildman–Crippen LogP) is 0.408. The van der Waals surface area contributed by atoms with Crippen LogP contribution >= 0.6 is 7.80 Å². The average Bonchev–Trinajstić information content (AvgIpc) is 2.05. The van der Waals surface area contributed by atoms with Crippen LogP contribution in [0.1, 0.15) is 0 Å². The van der Waals surface area contributed by atoms with Crippen LogP contribution in [0.25, 0.3) is 0 Å². The fraction of sp³-hybridized carbons (Fsp3) is 0.143. The molecule has 0 aliphatic heterocycles. The van der Waals surface area contributed by atoms with Crippen LogP contribution in [-0.4, -0.2) is 16.2 Å². The number of hydrogen-bond donors (Lipinski definition) is 2. The molecule has 0 bridgehead atoms. The molecule has 3 nitrogen and oxygen atoms in total. The van der Waals surface area contributed by atoms with Crippen LogP contribution in [0.2, 0.25) is 0 Å². The monoisotopic (exact) mass is 171 g/mol. The smallest absolute Gasteiger partial charge is 0.229 e. The van der Waals surface area contributed by atoms with Gasteiger partial charge in [-0.2, -0.15) is 0 Å². The van der Waals surface area contributed by atoms with E-state index in [-0.39, 0.29) is 0 Å². The maximum atomic E-state index is 11.0. The van der Waals surface area contributed by atoms with E-state index in [1.54, 1.807) is 30.3 Å². The summed E-state index contributed by atoms with van der Waals surface area (Å²) in [5.74, 6) is 0. The van der Waals surface area contributed by atoms with Gasteiger partial charge in [0.1, 0.15) is 0 Å². The molecule has 1 aromatic carbocycles. The summed E-state index contributed by atoms with van der Waals surface area (Å²) < 4.78 is 11.0. The second-order valence-corrected chi connectivity index (χ2v) is 3.64. The van der Waals surface area contributed by atoms with E-state index in [2.05, 4.69) is 0 Å². The standard InChI is InChI=1S/C7H8O3P/c8-7(9)11(10)6-4-2-1-3-5-6/h1-5,7-9H. The van der Waals surface area contributed by atoms with Crippen LogP contribution in [0.4, 0.5) is 0 Å². The minimum atomic E-state index is -2.07. The van der Waals surface area contributed by atoms with E-state index in [1.807, 2.05) is 0 Å². The highest BCUT2D eigenvalue weighted by atomic mass is 31.1. The topological polar surface area (TPSA) is 57.5 Å². The van der Waals surface area contributed by atoms with Crippen LogP contribution in [-0.2, 0) is 4.57 Å². The van der Waals surface area contributed by atoms with Gasteiger partial charge in [-0.15, -0.1) is 0 Å². The van der Waals surface area contributed by atoms with E-state index in [4.69, 9.17) is 10.2 Å². The number of rotatable bonds is 2.